The average Bonchev–Trinajstić information content (AvgIpc) is 2.69. The number of aliphatic hydroxyl groups is 1. The molecular formula is C26H39NO3. The lowest BCUT2D eigenvalue weighted by Crippen LogP contribution is -2.45. The lowest BCUT2D eigenvalue weighted by molar-refractivity contribution is -0.132. The number of hydrogen-bond donors (Lipinski definition) is 2. The third-order valence-corrected chi connectivity index (χ3v) is 8.27. The number of aliphatic hydroxyl groups excluding tert-OH is 1. The molecule has 0 aliphatic heterocycles. The van der Waals surface area contributed by atoms with Crippen LogP contribution in [-0.2, 0) is 9.59 Å². The first-order valence-electron chi connectivity index (χ1n) is 11.7. The molecule has 0 aromatic carbocycles. The smallest absolute Gasteiger partial charge is 0.232 e. The highest BCUT2D eigenvalue weighted by Gasteiger charge is 2.49. The molecule has 0 aromatic heterocycles. The molecule has 0 aromatic rings. The van der Waals surface area contributed by atoms with Crippen molar-refractivity contribution in [2.24, 2.45) is 28.6 Å². The van der Waals surface area contributed by atoms with Crippen molar-refractivity contribution in [2.45, 2.75) is 80.1 Å². The average molecular weight is 414 g/mol. The highest BCUT2D eigenvalue weighted by molar-refractivity contribution is 6.48. The van der Waals surface area contributed by atoms with Crippen molar-refractivity contribution < 1.29 is 14.7 Å². The molecule has 166 valence electrons. The molecule has 0 amide bonds. The molecule has 30 heavy (non-hydrogen) atoms. The minimum Gasteiger partial charge on any atom is -0.505 e. The summed E-state index contributed by atoms with van der Waals surface area (Å²) in [6.45, 7) is 14.1. The molecule has 0 unspecified atom stereocenters. The van der Waals surface area contributed by atoms with E-state index in [0.29, 0.717) is 42.0 Å². The molecule has 1 saturated carbocycles. The van der Waals surface area contributed by atoms with E-state index in [1.54, 1.807) is 0 Å². The van der Waals surface area contributed by atoms with Gasteiger partial charge in [0.2, 0.25) is 11.6 Å². The third kappa shape index (κ3) is 4.02. The number of carbonyl (C=O) groups excluding carboxylic acids is 2. The number of nitrogens with one attached hydrogen (secondary N) is 1. The summed E-state index contributed by atoms with van der Waals surface area (Å²) in [5.74, 6) is 0.0919. The maximum Gasteiger partial charge on any atom is 0.232 e. The van der Waals surface area contributed by atoms with E-state index in [2.05, 4.69) is 52.9 Å². The van der Waals surface area contributed by atoms with Crippen LogP contribution in [0.3, 0.4) is 0 Å². The molecule has 4 nitrogen and oxygen atoms in total. The summed E-state index contributed by atoms with van der Waals surface area (Å²) in [5.41, 5.74) is 2.24. The summed E-state index contributed by atoms with van der Waals surface area (Å²) in [5, 5.41) is 14.2. The lowest BCUT2D eigenvalue weighted by Gasteiger charge is -2.53. The number of rotatable bonds is 6. The van der Waals surface area contributed by atoms with Crippen LogP contribution in [0.2, 0.25) is 0 Å². The molecule has 4 heteroatoms. The maximum absolute atomic E-state index is 12.8. The Morgan fingerprint density at radius 3 is 2.63 bits per heavy atom. The summed E-state index contributed by atoms with van der Waals surface area (Å²) in [6, 6.07) is 0. The van der Waals surface area contributed by atoms with Crippen molar-refractivity contribution in [2.75, 3.05) is 6.54 Å². The van der Waals surface area contributed by atoms with E-state index < -0.39 is 11.6 Å². The van der Waals surface area contributed by atoms with Gasteiger partial charge in [0.25, 0.3) is 0 Å². The van der Waals surface area contributed by atoms with Crippen LogP contribution in [0.4, 0.5) is 0 Å². The predicted octanol–water partition coefficient (Wildman–Crippen LogP) is 5.66. The Balaban J connectivity index is 1.94. The molecule has 3 aliphatic carbocycles. The Bertz CT molecular complexity index is 816. The normalized spacial score (nSPS) is 32.3. The van der Waals surface area contributed by atoms with Crippen LogP contribution in [-0.4, -0.2) is 23.2 Å². The van der Waals surface area contributed by atoms with Gasteiger partial charge in [0.05, 0.1) is 5.70 Å². The molecule has 4 atom stereocenters. The quantitative estimate of drug-likeness (QED) is 0.335. The maximum atomic E-state index is 12.8. The highest BCUT2D eigenvalue weighted by Crippen LogP contribution is 2.58. The fourth-order valence-electron chi connectivity index (χ4n) is 5.63. The van der Waals surface area contributed by atoms with Crippen LogP contribution in [0.15, 0.2) is 34.8 Å². The van der Waals surface area contributed by atoms with Gasteiger partial charge in [-0.2, -0.15) is 0 Å². The first-order valence-corrected chi connectivity index (χ1v) is 11.7. The summed E-state index contributed by atoms with van der Waals surface area (Å²) < 4.78 is 0. The minimum atomic E-state index is -0.541. The van der Waals surface area contributed by atoms with E-state index in [4.69, 9.17) is 0 Å². The number of allylic oxidation sites excluding steroid dienone is 4. The van der Waals surface area contributed by atoms with Crippen LogP contribution in [0.1, 0.15) is 80.1 Å². The summed E-state index contributed by atoms with van der Waals surface area (Å²) in [6.07, 6.45) is 9.62. The van der Waals surface area contributed by atoms with Gasteiger partial charge in [0.1, 0.15) is 5.76 Å². The number of fused-ring (bicyclic) bond motifs is 1. The Hall–Kier alpha value is -1.84. The van der Waals surface area contributed by atoms with E-state index >= 15 is 0 Å². The fourth-order valence-corrected chi connectivity index (χ4v) is 5.63. The lowest BCUT2D eigenvalue weighted by atomic mass is 9.51. The minimum absolute atomic E-state index is 0.0255. The first-order chi connectivity index (χ1) is 14.0. The van der Waals surface area contributed by atoms with Gasteiger partial charge < -0.3 is 10.4 Å². The Kier molecular flexibility index (Phi) is 6.36. The van der Waals surface area contributed by atoms with Gasteiger partial charge in [-0.15, -0.1) is 0 Å². The molecule has 2 N–H and O–H groups in total. The standard InChI is InChI=1S/C26H39NO3/c1-7-16(2)15-27-21-13-22(28)24(30)18(23(21)29)14-26(6)17(3)10-11-19-20(26)9-8-12-25(19,4)5/h11,13,16-17,20,27,29H,7-10,12,14-15H2,1-6H3/t16-,17-,20+,26+/m0/s1. The molecule has 0 saturated heterocycles. The third-order valence-electron chi connectivity index (χ3n) is 8.27. The van der Waals surface area contributed by atoms with Crippen molar-refractivity contribution in [1.29, 1.82) is 0 Å². The molecule has 1 fully saturated rings. The Labute approximate surface area is 181 Å². The summed E-state index contributed by atoms with van der Waals surface area (Å²) in [4.78, 5) is 25.3. The molecule has 0 heterocycles. The van der Waals surface area contributed by atoms with Gasteiger partial charge in [-0.1, -0.05) is 66.0 Å². The van der Waals surface area contributed by atoms with Crippen LogP contribution < -0.4 is 5.32 Å². The van der Waals surface area contributed by atoms with Crippen molar-refractivity contribution in [3.05, 3.63) is 34.8 Å². The van der Waals surface area contributed by atoms with Gasteiger partial charge in [0.15, 0.2) is 0 Å². The first kappa shape index (κ1) is 22.8. The largest absolute Gasteiger partial charge is 0.505 e. The zero-order chi connectivity index (χ0) is 22.3. The van der Waals surface area contributed by atoms with Gasteiger partial charge in [0, 0.05) is 18.2 Å². The summed E-state index contributed by atoms with van der Waals surface area (Å²) in [7, 11) is 0. The molecule has 3 rings (SSSR count). The van der Waals surface area contributed by atoms with E-state index in [9.17, 15) is 14.7 Å². The summed E-state index contributed by atoms with van der Waals surface area (Å²) >= 11 is 0. The van der Waals surface area contributed by atoms with Gasteiger partial charge >= 0.3 is 0 Å². The predicted molar refractivity (Wildman–Crippen MR) is 121 cm³/mol. The number of hydrogen-bond acceptors (Lipinski definition) is 4. The van der Waals surface area contributed by atoms with E-state index in [-0.39, 0.29) is 16.6 Å². The second-order valence-electron chi connectivity index (χ2n) is 10.8. The van der Waals surface area contributed by atoms with Crippen LogP contribution in [0.5, 0.6) is 0 Å². The van der Waals surface area contributed by atoms with Crippen molar-refractivity contribution in [3.63, 3.8) is 0 Å². The Morgan fingerprint density at radius 2 is 1.97 bits per heavy atom. The Morgan fingerprint density at radius 1 is 1.27 bits per heavy atom. The van der Waals surface area contributed by atoms with E-state index in [0.717, 1.165) is 19.3 Å². The monoisotopic (exact) mass is 413 g/mol. The van der Waals surface area contributed by atoms with E-state index in [1.165, 1.54) is 24.5 Å². The molecule has 0 radical (unpaired) electrons. The zero-order valence-electron chi connectivity index (χ0n) is 19.6. The second-order valence-corrected chi connectivity index (χ2v) is 10.8. The van der Waals surface area contributed by atoms with Crippen molar-refractivity contribution in [3.8, 4) is 0 Å². The molecule has 0 bridgehead atoms. The number of carbonyl (C=O) groups is 2. The van der Waals surface area contributed by atoms with Crippen LogP contribution in [0, 0.1) is 28.6 Å². The van der Waals surface area contributed by atoms with Gasteiger partial charge in [-0.25, -0.2) is 0 Å². The topological polar surface area (TPSA) is 66.4 Å². The molecular weight excluding hydrogens is 374 g/mol. The number of Topliss-reactive ketones (excluding diaryl/α,β-unsaturated/α-hetero) is 1. The number of ketones is 2. The molecule has 0 spiro atoms. The van der Waals surface area contributed by atoms with Crippen LogP contribution >= 0.6 is 0 Å². The SMILES string of the molecule is CC[C@H](C)CNC1=CC(=O)C(=O)C(C[C@@]2(C)[C@@H]3CCCC(C)(C)C3=CC[C@@H]2C)=C1O. The van der Waals surface area contributed by atoms with Crippen molar-refractivity contribution >= 4 is 11.6 Å². The van der Waals surface area contributed by atoms with Crippen LogP contribution in [0.25, 0.3) is 0 Å². The highest BCUT2D eigenvalue weighted by atomic mass is 16.3. The van der Waals surface area contributed by atoms with Crippen molar-refractivity contribution in [1.82, 2.24) is 5.32 Å². The van der Waals surface area contributed by atoms with Gasteiger partial charge in [-0.3, -0.25) is 9.59 Å². The van der Waals surface area contributed by atoms with Gasteiger partial charge in [-0.05, 0) is 54.3 Å². The second kappa shape index (κ2) is 8.36. The zero-order valence-corrected chi connectivity index (χ0v) is 19.6. The van der Waals surface area contributed by atoms with E-state index in [1.807, 2.05) is 0 Å². The molecule has 3 aliphatic rings. The fraction of sp³-hybridized carbons (Fsp3) is 0.692.